The van der Waals surface area contributed by atoms with Crippen molar-refractivity contribution in [2.75, 3.05) is 0 Å². The maximum absolute atomic E-state index is 10.9. The molecule has 2 aromatic heterocycles. The number of carboxylic acids is 1. The van der Waals surface area contributed by atoms with E-state index >= 15 is 0 Å². The molecule has 30 heavy (non-hydrogen) atoms. The lowest BCUT2D eigenvalue weighted by Gasteiger charge is -2.27. The Balaban J connectivity index is 1.68. The lowest BCUT2D eigenvalue weighted by molar-refractivity contribution is -0.136. The van der Waals surface area contributed by atoms with Crippen molar-refractivity contribution >= 4 is 27.5 Å². The van der Waals surface area contributed by atoms with Gasteiger partial charge in [-0.2, -0.15) is 0 Å². The molecule has 4 rings (SSSR count). The van der Waals surface area contributed by atoms with Gasteiger partial charge in [0.15, 0.2) is 0 Å². The molecular weight excluding hydrogens is 394 g/mol. The number of carboxylic acid groups (broad SMARTS) is 1. The molecule has 0 bridgehead atoms. The smallest absolute Gasteiger partial charge is 0.307 e. The molecular formula is C24H25N3O2S. The van der Waals surface area contributed by atoms with E-state index in [-0.39, 0.29) is 12.5 Å². The van der Waals surface area contributed by atoms with Gasteiger partial charge in [-0.15, -0.1) is 11.3 Å². The minimum absolute atomic E-state index is 0.0369. The second-order valence-corrected chi connectivity index (χ2v) is 8.58. The minimum atomic E-state index is -0.819. The van der Waals surface area contributed by atoms with Crippen LogP contribution in [-0.4, -0.2) is 25.6 Å². The van der Waals surface area contributed by atoms with Crippen molar-refractivity contribution in [1.29, 1.82) is 0 Å². The minimum Gasteiger partial charge on any atom is -0.481 e. The summed E-state index contributed by atoms with van der Waals surface area (Å²) in [5.74, 6) is -0.286. The molecule has 2 aromatic carbocycles. The fraction of sp³-hybridized carbons (Fsp3) is 0.292. The van der Waals surface area contributed by atoms with Crippen LogP contribution in [0.2, 0.25) is 0 Å². The first-order chi connectivity index (χ1) is 14.6. The molecule has 154 valence electrons. The highest BCUT2D eigenvalue weighted by molar-refractivity contribution is 7.21. The summed E-state index contributed by atoms with van der Waals surface area (Å²) in [6, 6.07) is 14.4. The molecule has 2 heterocycles. The number of fused-ring (bicyclic) bond motifs is 1. The van der Waals surface area contributed by atoms with Crippen molar-refractivity contribution in [3.05, 3.63) is 72.3 Å². The summed E-state index contributed by atoms with van der Waals surface area (Å²) >= 11 is 1.67. The van der Waals surface area contributed by atoms with Gasteiger partial charge in [0.25, 0.3) is 0 Å². The van der Waals surface area contributed by atoms with Gasteiger partial charge in [0, 0.05) is 18.0 Å². The third-order valence-electron chi connectivity index (χ3n) is 5.65. The third kappa shape index (κ3) is 4.14. The third-order valence-corrected chi connectivity index (χ3v) is 6.72. The SMILES string of the molecule is CCC(CC)C(c1ccc2nc(-c3ccc(CC(=O)O)cc3)sc2c1)n1ccnc1. The van der Waals surface area contributed by atoms with Gasteiger partial charge in [-0.1, -0.05) is 57.0 Å². The first-order valence-electron chi connectivity index (χ1n) is 10.3. The van der Waals surface area contributed by atoms with E-state index in [9.17, 15) is 4.79 Å². The highest BCUT2D eigenvalue weighted by Crippen LogP contribution is 2.36. The first kappa shape index (κ1) is 20.3. The number of nitrogens with zero attached hydrogens (tertiary/aromatic N) is 3. The van der Waals surface area contributed by atoms with Crippen LogP contribution >= 0.6 is 11.3 Å². The number of imidazole rings is 1. The predicted molar refractivity (Wildman–Crippen MR) is 121 cm³/mol. The molecule has 0 saturated heterocycles. The van der Waals surface area contributed by atoms with Gasteiger partial charge in [-0.05, 0) is 29.2 Å². The van der Waals surface area contributed by atoms with E-state index in [1.165, 1.54) is 5.56 Å². The number of benzene rings is 2. The molecule has 1 N–H and O–H groups in total. The van der Waals surface area contributed by atoms with Crippen LogP contribution in [0.5, 0.6) is 0 Å². The molecule has 0 fully saturated rings. The zero-order chi connectivity index (χ0) is 21.1. The van der Waals surface area contributed by atoms with Gasteiger partial charge in [-0.25, -0.2) is 9.97 Å². The van der Waals surface area contributed by atoms with Crippen LogP contribution in [0.3, 0.4) is 0 Å². The molecule has 0 saturated carbocycles. The lowest BCUT2D eigenvalue weighted by Crippen LogP contribution is -2.18. The van der Waals surface area contributed by atoms with Crippen LogP contribution in [0.25, 0.3) is 20.8 Å². The fourth-order valence-corrected chi connectivity index (χ4v) is 5.06. The lowest BCUT2D eigenvalue weighted by atomic mass is 9.88. The molecule has 0 amide bonds. The van der Waals surface area contributed by atoms with E-state index in [2.05, 4.69) is 41.6 Å². The average Bonchev–Trinajstić information content (AvgIpc) is 3.41. The Bertz CT molecular complexity index is 1130. The van der Waals surface area contributed by atoms with E-state index in [1.54, 1.807) is 11.3 Å². The van der Waals surface area contributed by atoms with Crippen LogP contribution < -0.4 is 0 Å². The Labute approximate surface area is 180 Å². The van der Waals surface area contributed by atoms with Gasteiger partial charge in [0.1, 0.15) is 5.01 Å². The van der Waals surface area contributed by atoms with Gasteiger partial charge < -0.3 is 9.67 Å². The Kier molecular flexibility index (Phi) is 5.95. The number of hydrogen-bond acceptors (Lipinski definition) is 4. The summed E-state index contributed by atoms with van der Waals surface area (Å²) in [6.07, 6.45) is 8.04. The number of carbonyl (C=O) groups is 1. The highest BCUT2D eigenvalue weighted by atomic mass is 32.1. The van der Waals surface area contributed by atoms with Gasteiger partial charge in [0.2, 0.25) is 0 Å². The second kappa shape index (κ2) is 8.79. The molecule has 1 unspecified atom stereocenters. The highest BCUT2D eigenvalue weighted by Gasteiger charge is 2.22. The Morgan fingerprint density at radius 2 is 1.90 bits per heavy atom. The van der Waals surface area contributed by atoms with Crippen LogP contribution in [0.4, 0.5) is 0 Å². The summed E-state index contributed by atoms with van der Waals surface area (Å²) in [6.45, 7) is 4.49. The van der Waals surface area contributed by atoms with Crippen molar-refractivity contribution in [3.63, 3.8) is 0 Å². The second-order valence-electron chi connectivity index (χ2n) is 7.54. The standard InChI is InChI=1S/C24H25N3O2S/c1-3-17(4-2)23(27-12-11-25-15-27)19-9-10-20-21(14-19)30-24(26-20)18-7-5-16(6-8-18)13-22(28)29/h5-12,14-15,17,23H,3-4,13H2,1-2H3,(H,28,29). The summed E-state index contributed by atoms with van der Waals surface area (Å²) in [5, 5.41) is 9.90. The average molecular weight is 420 g/mol. The molecule has 1 atom stereocenters. The van der Waals surface area contributed by atoms with Gasteiger partial charge in [0.05, 0.1) is 29.0 Å². The van der Waals surface area contributed by atoms with Gasteiger partial charge >= 0.3 is 5.97 Å². The Morgan fingerprint density at radius 3 is 2.53 bits per heavy atom. The van der Waals surface area contributed by atoms with Crippen LogP contribution in [0.15, 0.2) is 61.2 Å². The van der Waals surface area contributed by atoms with Gasteiger partial charge in [-0.3, -0.25) is 4.79 Å². The Morgan fingerprint density at radius 1 is 1.13 bits per heavy atom. The van der Waals surface area contributed by atoms with E-state index < -0.39 is 5.97 Å². The number of thiazole rings is 1. The number of aromatic nitrogens is 3. The topological polar surface area (TPSA) is 68.0 Å². The van der Waals surface area contributed by atoms with Crippen LogP contribution in [-0.2, 0) is 11.2 Å². The fourth-order valence-electron chi connectivity index (χ4n) is 4.05. The molecule has 4 aromatic rings. The molecule has 0 spiro atoms. The predicted octanol–water partition coefficient (Wildman–Crippen LogP) is 5.81. The van der Waals surface area contributed by atoms with E-state index in [0.717, 1.165) is 39.2 Å². The Hall–Kier alpha value is -2.99. The molecule has 0 aliphatic rings. The van der Waals surface area contributed by atoms with Crippen molar-refractivity contribution in [3.8, 4) is 10.6 Å². The van der Waals surface area contributed by atoms with Crippen LogP contribution in [0, 0.1) is 5.92 Å². The molecule has 0 radical (unpaired) electrons. The van der Waals surface area contributed by atoms with Crippen molar-refractivity contribution in [1.82, 2.24) is 14.5 Å². The van der Waals surface area contributed by atoms with Crippen molar-refractivity contribution in [2.24, 2.45) is 5.92 Å². The quantitative estimate of drug-likeness (QED) is 0.391. The zero-order valence-corrected chi connectivity index (χ0v) is 18.0. The maximum Gasteiger partial charge on any atom is 0.307 e. The molecule has 0 aliphatic heterocycles. The monoisotopic (exact) mass is 419 g/mol. The summed E-state index contributed by atoms with van der Waals surface area (Å²) < 4.78 is 3.37. The number of rotatable bonds is 8. The number of aliphatic carboxylic acids is 1. The van der Waals surface area contributed by atoms with Crippen molar-refractivity contribution < 1.29 is 9.90 Å². The molecule has 5 nitrogen and oxygen atoms in total. The largest absolute Gasteiger partial charge is 0.481 e. The van der Waals surface area contributed by atoms with Crippen LogP contribution in [0.1, 0.15) is 43.9 Å². The van der Waals surface area contributed by atoms with E-state index in [0.29, 0.717) is 5.92 Å². The van der Waals surface area contributed by atoms with Crippen molar-refractivity contribution in [2.45, 2.75) is 39.2 Å². The molecule has 6 heteroatoms. The number of hydrogen-bond donors (Lipinski definition) is 1. The first-order valence-corrected chi connectivity index (χ1v) is 11.1. The van der Waals surface area contributed by atoms with E-state index in [1.807, 2.05) is 43.0 Å². The zero-order valence-electron chi connectivity index (χ0n) is 17.2. The summed E-state index contributed by atoms with van der Waals surface area (Å²) in [5.41, 5.74) is 4.07. The normalized spacial score (nSPS) is 12.5. The van der Waals surface area contributed by atoms with E-state index in [4.69, 9.17) is 10.1 Å². The summed E-state index contributed by atoms with van der Waals surface area (Å²) in [7, 11) is 0. The maximum atomic E-state index is 10.9. The molecule has 0 aliphatic carbocycles. The summed E-state index contributed by atoms with van der Waals surface area (Å²) in [4.78, 5) is 20.0.